The van der Waals surface area contributed by atoms with Crippen molar-refractivity contribution >= 4 is 55.3 Å². The Labute approximate surface area is 200 Å². The van der Waals surface area contributed by atoms with Gasteiger partial charge in [-0.15, -0.1) is 23.1 Å². The first kappa shape index (κ1) is 22.2. The van der Waals surface area contributed by atoms with E-state index in [0.717, 1.165) is 66.2 Å². The Morgan fingerprint density at radius 3 is 2.75 bits per heavy atom. The number of thioether (sulfide) groups is 2. The minimum Gasteiger partial charge on any atom is -0.463 e. The monoisotopic (exact) mass is 485 g/mol. The van der Waals surface area contributed by atoms with Gasteiger partial charge in [-0.25, -0.2) is 15.0 Å². The zero-order chi connectivity index (χ0) is 22.5. The third kappa shape index (κ3) is 4.06. The summed E-state index contributed by atoms with van der Waals surface area (Å²) in [6, 6.07) is 3.88. The van der Waals surface area contributed by atoms with E-state index < -0.39 is 0 Å². The minimum atomic E-state index is -0.236. The molecule has 0 aromatic carbocycles. The lowest BCUT2D eigenvalue weighted by molar-refractivity contribution is -0.0395. The highest BCUT2D eigenvalue weighted by atomic mass is 32.2. The molecule has 1 aliphatic heterocycles. The number of hydrogen-bond acceptors (Lipinski definition) is 8. The van der Waals surface area contributed by atoms with Crippen LogP contribution in [0.15, 0.2) is 33.0 Å². The van der Waals surface area contributed by atoms with E-state index in [9.17, 15) is 0 Å². The summed E-state index contributed by atoms with van der Waals surface area (Å²) in [5.41, 5.74) is 4.08. The van der Waals surface area contributed by atoms with E-state index in [-0.39, 0.29) is 5.60 Å². The van der Waals surface area contributed by atoms with Crippen LogP contribution >= 0.6 is 34.9 Å². The number of ether oxygens (including phenoxy) is 1. The highest BCUT2D eigenvalue weighted by molar-refractivity contribution is 7.99. The molecule has 0 amide bonds. The van der Waals surface area contributed by atoms with Crippen molar-refractivity contribution in [2.45, 2.75) is 62.9 Å². The van der Waals surface area contributed by atoms with Gasteiger partial charge in [0.05, 0.1) is 28.7 Å². The molecule has 0 N–H and O–H groups in total. The van der Waals surface area contributed by atoms with Crippen LogP contribution in [-0.2, 0) is 17.8 Å². The van der Waals surface area contributed by atoms with Gasteiger partial charge in [-0.2, -0.15) is 0 Å². The Morgan fingerprint density at radius 2 is 2.03 bits per heavy atom. The highest BCUT2D eigenvalue weighted by Gasteiger charge is 2.32. The fraction of sp³-hybridized carbons (Fsp3) is 0.458. The second-order valence-corrected chi connectivity index (χ2v) is 12.0. The fourth-order valence-corrected chi connectivity index (χ4v) is 6.94. The van der Waals surface area contributed by atoms with Crippen molar-refractivity contribution in [3.8, 4) is 11.5 Å². The number of pyridine rings is 1. The van der Waals surface area contributed by atoms with Gasteiger partial charge in [-0.05, 0) is 55.9 Å². The van der Waals surface area contributed by atoms with E-state index in [4.69, 9.17) is 24.1 Å². The molecule has 8 heteroatoms. The summed E-state index contributed by atoms with van der Waals surface area (Å²) in [5.74, 6) is 2.51. The highest BCUT2D eigenvalue weighted by Crippen LogP contribution is 2.45. The van der Waals surface area contributed by atoms with Crippen LogP contribution < -0.4 is 0 Å². The SMILES string of the molecule is CSc1nc(SCCC(C)C)c2sc3nc(-c4ccco4)c4c(c3c2n1)CC(C)(C)OC4. The Bertz CT molecular complexity index is 1280. The molecule has 5 rings (SSSR count). The fourth-order valence-electron chi connectivity index (χ4n) is 4.03. The van der Waals surface area contributed by atoms with E-state index in [1.807, 2.05) is 30.2 Å². The van der Waals surface area contributed by atoms with Gasteiger partial charge in [0, 0.05) is 17.4 Å². The maximum Gasteiger partial charge on any atom is 0.189 e. The van der Waals surface area contributed by atoms with E-state index in [1.165, 1.54) is 5.56 Å². The molecular weight excluding hydrogens is 458 g/mol. The number of rotatable bonds is 6. The van der Waals surface area contributed by atoms with Gasteiger partial charge in [0.1, 0.15) is 15.6 Å². The normalized spacial score (nSPS) is 15.7. The molecule has 0 saturated heterocycles. The lowest BCUT2D eigenvalue weighted by Crippen LogP contribution is -2.32. The molecule has 0 saturated carbocycles. The zero-order valence-electron chi connectivity index (χ0n) is 19.0. The maximum absolute atomic E-state index is 6.19. The average Bonchev–Trinajstić information content (AvgIpc) is 3.40. The van der Waals surface area contributed by atoms with Gasteiger partial charge in [0.15, 0.2) is 10.9 Å². The lowest BCUT2D eigenvalue weighted by Gasteiger charge is -2.32. The van der Waals surface area contributed by atoms with Crippen molar-refractivity contribution in [3.05, 3.63) is 29.5 Å². The predicted molar refractivity (Wildman–Crippen MR) is 135 cm³/mol. The second kappa shape index (κ2) is 8.63. The summed E-state index contributed by atoms with van der Waals surface area (Å²) in [4.78, 5) is 15.9. The van der Waals surface area contributed by atoms with Crippen LogP contribution in [-0.4, -0.2) is 32.6 Å². The van der Waals surface area contributed by atoms with Gasteiger partial charge in [-0.1, -0.05) is 25.6 Å². The number of thiophene rings is 1. The Balaban J connectivity index is 1.77. The van der Waals surface area contributed by atoms with Crippen LogP contribution in [0.3, 0.4) is 0 Å². The predicted octanol–water partition coefficient (Wildman–Crippen LogP) is 7.21. The number of aromatic nitrogens is 3. The molecule has 32 heavy (non-hydrogen) atoms. The summed E-state index contributed by atoms with van der Waals surface area (Å²) in [7, 11) is 0. The summed E-state index contributed by atoms with van der Waals surface area (Å²) in [6.45, 7) is 9.35. The topological polar surface area (TPSA) is 61.0 Å². The molecule has 168 valence electrons. The molecule has 5 nitrogen and oxygen atoms in total. The van der Waals surface area contributed by atoms with Crippen molar-refractivity contribution in [1.82, 2.24) is 15.0 Å². The van der Waals surface area contributed by atoms with Crippen LogP contribution in [0.5, 0.6) is 0 Å². The standard InChI is InChI=1S/C24H27N3O2S3/c1-13(2)8-10-31-22-20-19(26-23(27-22)30-5)17-14-11-24(3,4)29-12-15(14)18(25-21(17)32-20)16-7-6-9-28-16/h6-7,9,13H,8,10-12H2,1-5H3. The van der Waals surface area contributed by atoms with Gasteiger partial charge < -0.3 is 9.15 Å². The third-order valence-corrected chi connectivity index (χ3v) is 8.47. The summed E-state index contributed by atoms with van der Waals surface area (Å²) < 4.78 is 13.1. The Kier molecular flexibility index (Phi) is 5.99. The van der Waals surface area contributed by atoms with E-state index in [0.29, 0.717) is 12.5 Å². The number of furan rings is 1. The van der Waals surface area contributed by atoms with E-state index in [1.54, 1.807) is 29.4 Å². The molecule has 4 aromatic rings. The van der Waals surface area contributed by atoms with Gasteiger partial charge in [0.2, 0.25) is 0 Å². The molecule has 0 unspecified atom stereocenters. The smallest absolute Gasteiger partial charge is 0.189 e. The number of nitrogens with zero attached hydrogens (tertiary/aromatic N) is 3. The summed E-state index contributed by atoms with van der Waals surface area (Å²) >= 11 is 5.14. The molecule has 0 radical (unpaired) electrons. The molecule has 0 aliphatic carbocycles. The second-order valence-electron chi connectivity index (χ2n) is 9.13. The first-order valence-electron chi connectivity index (χ1n) is 10.9. The maximum atomic E-state index is 6.19. The molecule has 1 aliphatic rings. The van der Waals surface area contributed by atoms with Gasteiger partial charge in [0.25, 0.3) is 0 Å². The molecule has 5 heterocycles. The van der Waals surface area contributed by atoms with Crippen LogP contribution in [0.2, 0.25) is 0 Å². The number of fused-ring (bicyclic) bond motifs is 5. The molecule has 0 fully saturated rings. The van der Waals surface area contributed by atoms with Crippen LogP contribution in [0, 0.1) is 5.92 Å². The van der Waals surface area contributed by atoms with E-state index >= 15 is 0 Å². The van der Waals surface area contributed by atoms with Crippen LogP contribution in [0.1, 0.15) is 45.2 Å². The van der Waals surface area contributed by atoms with Crippen LogP contribution in [0.25, 0.3) is 31.9 Å². The molecule has 0 spiro atoms. The molecule has 0 bridgehead atoms. The lowest BCUT2D eigenvalue weighted by atomic mass is 9.89. The third-order valence-electron chi connectivity index (χ3n) is 5.71. The largest absolute Gasteiger partial charge is 0.463 e. The van der Waals surface area contributed by atoms with Crippen LogP contribution in [0.4, 0.5) is 0 Å². The van der Waals surface area contributed by atoms with Crippen molar-refractivity contribution in [2.24, 2.45) is 5.92 Å². The van der Waals surface area contributed by atoms with Gasteiger partial charge >= 0.3 is 0 Å². The number of hydrogen-bond donors (Lipinski definition) is 0. The van der Waals surface area contributed by atoms with Crippen molar-refractivity contribution in [1.29, 1.82) is 0 Å². The minimum absolute atomic E-state index is 0.236. The average molecular weight is 486 g/mol. The van der Waals surface area contributed by atoms with Gasteiger partial charge in [-0.3, -0.25) is 0 Å². The molecule has 0 atom stereocenters. The Hall–Kier alpha value is -1.61. The first-order valence-corrected chi connectivity index (χ1v) is 13.9. The molecular formula is C24H27N3O2S3. The van der Waals surface area contributed by atoms with Crippen molar-refractivity contribution in [3.63, 3.8) is 0 Å². The zero-order valence-corrected chi connectivity index (χ0v) is 21.5. The molecule has 4 aromatic heterocycles. The van der Waals surface area contributed by atoms with Crippen molar-refractivity contribution < 1.29 is 9.15 Å². The Morgan fingerprint density at radius 1 is 1.19 bits per heavy atom. The van der Waals surface area contributed by atoms with Crippen molar-refractivity contribution in [2.75, 3.05) is 12.0 Å². The summed E-state index contributed by atoms with van der Waals surface area (Å²) in [6.07, 6.45) is 5.72. The first-order chi connectivity index (χ1) is 15.4. The quantitative estimate of drug-likeness (QED) is 0.162. The summed E-state index contributed by atoms with van der Waals surface area (Å²) in [5, 5.41) is 3.05. The van der Waals surface area contributed by atoms with E-state index in [2.05, 4.69) is 27.7 Å².